The van der Waals surface area contributed by atoms with Crippen molar-refractivity contribution in [1.29, 1.82) is 0 Å². The normalized spacial score (nSPS) is 14.6. The third-order valence-corrected chi connectivity index (χ3v) is 3.00. The summed E-state index contributed by atoms with van der Waals surface area (Å²) in [5.74, 6) is 1.81. The van der Waals surface area contributed by atoms with Crippen molar-refractivity contribution in [3.8, 4) is 0 Å². The highest BCUT2D eigenvalue weighted by molar-refractivity contribution is 5.45. The minimum atomic E-state index is 0.621. The Morgan fingerprint density at radius 3 is 2.94 bits per heavy atom. The van der Waals surface area contributed by atoms with Crippen LogP contribution in [0.4, 0.5) is 11.6 Å². The number of ether oxygens (including phenoxy) is 1. The molecule has 1 saturated carbocycles. The lowest BCUT2D eigenvalue weighted by Crippen LogP contribution is -2.30. The van der Waals surface area contributed by atoms with Gasteiger partial charge in [0.15, 0.2) is 0 Å². The molecular weight excluding hydrogens is 228 g/mol. The molecule has 5 heteroatoms. The lowest BCUT2D eigenvalue weighted by molar-refractivity contribution is 0.204. The summed E-state index contributed by atoms with van der Waals surface area (Å²) in [7, 11) is 1.73. The largest absolute Gasteiger partial charge is 0.383 e. The molecule has 0 atom stereocenters. The van der Waals surface area contributed by atoms with Crippen LogP contribution in [-0.4, -0.2) is 42.8 Å². The smallest absolute Gasteiger partial charge is 0.149 e. The minimum absolute atomic E-state index is 0.621. The minimum Gasteiger partial charge on any atom is -0.383 e. The molecule has 2 rings (SSSR count). The van der Waals surface area contributed by atoms with Crippen LogP contribution in [-0.2, 0) is 4.74 Å². The fourth-order valence-corrected chi connectivity index (χ4v) is 1.89. The molecule has 1 fully saturated rings. The number of anilines is 2. The van der Waals surface area contributed by atoms with Crippen molar-refractivity contribution in [3.05, 3.63) is 12.4 Å². The van der Waals surface area contributed by atoms with E-state index in [0.29, 0.717) is 6.04 Å². The van der Waals surface area contributed by atoms with E-state index in [9.17, 15) is 0 Å². The van der Waals surface area contributed by atoms with Crippen molar-refractivity contribution in [2.24, 2.45) is 0 Å². The molecule has 0 saturated heterocycles. The number of nitrogens with one attached hydrogen (secondary N) is 1. The van der Waals surface area contributed by atoms with Crippen LogP contribution in [0.3, 0.4) is 0 Å². The summed E-state index contributed by atoms with van der Waals surface area (Å²) in [5, 5.41) is 3.27. The molecule has 0 bridgehead atoms. The summed E-state index contributed by atoms with van der Waals surface area (Å²) >= 11 is 0. The lowest BCUT2D eigenvalue weighted by Gasteiger charge is -2.23. The quantitative estimate of drug-likeness (QED) is 0.764. The van der Waals surface area contributed by atoms with Gasteiger partial charge in [-0.15, -0.1) is 0 Å². The van der Waals surface area contributed by atoms with E-state index in [2.05, 4.69) is 27.1 Å². The van der Waals surface area contributed by atoms with E-state index >= 15 is 0 Å². The van der Waals surface area contributed by atoms with Crippen molar-refractivity contribution < 1.29 is 4.74 Å². The number of methoxy groups -OCH3 is 1. The highest BCUT2D eigenvalue weighted by atomic mass is 16.5. The summed E-state index contributed by atoms with van der Waals surface area (Å²) in [6, 6.07) is 0.621. The van der Waals surface area contributed by atoms with Crippen LogP contribution in [0.25, 0.3) is 0 Å². The number of aromatic nitrogens is 2. The van der Waals surface area contributed by atoms with Gasteiger partial charge in [0.2, 0.25) is 0 Å². The molecule has 18 heavy (non-hydrogen) atoms. The molecule has 1 N–H and O–H groups in total. The fraction of sp³-hybridized carbons (Fsp3) is 0.692. The highest BCUT2D eigenvalue weighted by Crippen LogP contribution is 2.30. The van der Waals surface area contributed by atoms with Crippen LogP contribution < -0.4 is 10.2 Å². The Bertz CT molecular complexity index is 368. The van der Waals surface area contributed by atoms with Crippen molar-refractivity contribution in [3.63, 3.8) is 0 Å². The summed E-state index contributed by atoms with van der Waals surface area (Å²) in [4.78, 5) is 11.2. The van der Waals surface area contributed by atoms with Crippen molar-refractivity contribution in [2.45, 2.75) is 32.2 Å². The molecule has 1 aliphatic rings. The van der Waals surface area contributed by atoms with Crippen LogP contribution in [0, 0.1) is 0 Å². The summed E-state index contributed by atoms with van der Waals surface area (Å²) in [5.41, 5.74) is 0. The lowest BCUT2D eigenvalue weighted by atomic mass is 10.4. The maximum atomic E-state index is 5.16. The van der Waals surface area contributed by atoms with Crippen molar-refractivity contribution >= 4 is 11.6 Å². The van der Waals surface area contributed by atoms with Gasteiger partial charge in [-0.05, 0) is 19.3 Å². The van der Waals surface area contributed by atoms with Crippen LogP contribution in [0.15, 0.2) is 12.4 Å². The van der Waals surface area contributed by atoms with Gasteiger partial charge in [-0.2, -0.15) is 0 Å². The number of rotatable bonds is 8. The highest BCUT2D eigenvalue weighted by Gasteiger charge is 2.29. The predicted molar refractivity (Wildman–Crippen MR) is 73.1 cm³/mol. The van der Waals surface area contributed by atoms with Gasteiger partial charge in [0.1, 0.15) is 11.6 Å². The third kappa shape index (κ3) is 3.57. The molecule has 1 aromatic heterocycles. The molecule has 0 aromatic carbocycles. The fourth-order valence-electron chi connectivity index (χ4n) is 1.89. The molecule has 1 aliphatic carbocycles. The summed E-state index contributed by atoms with van der Waals surface area (Å²) in [6.45, 7) is 4.68. The van der Waals surface area contributed by atoms with Gasteiger partial charge in [0, 0.05) is 26.2 Å². The van der Waals surface area contributed by atoms with E-state index < -0.39 is 0 Å². The molecule has 1 aromatic rings. The SMILES string of the molecule is CCCNc1cncc(N(CCOC)C2CC2)n1. The molecule has 0 spiro atoms. The number of hydrogen-bond acceptors (Lipinski definition) is 5. The van der Waals surface area contributed by atoms with E-state index in [1.165, 1.54) is 12.8 Å². The van der Waals surface area contributed by atoms with Crippen molar-refractivity contribution in [1.82, 2.24) is 9.97 Å². The van der Waals surface area contributed by atoms with E-state index in [0.717, 1.165) is 37.8 Å². The first-order chi connectivity index (χ1) is 8.85. The monoisotopic (exact) mass is 250 g/mol. The molecular formula is C13H22N4O. The number of hydrogen-bond donors (Lipinski definition) is 1. The predicted octanol–water partition coefficient (Wildman–Crippen LogP) is 1.91. The zero-order chi connectivity index (χ0) is 12.8. The van der Waals surface area contributed by atoms with Gasteiger partial charge in [0.25, 0.3) is 0 Å². The first kappa shape index (κ1) is 13.1. The van der Waals surface area contributed by atoms with E-state index in [4.69, 9.17) is 4.74 Å². The van der Waals surface area contributed by atoms with Crippen LogP contribution in [0.5, 0.6) is 0 Å². The first-order valence-corrected chi connectivity index (χ1v) is 6.66. The van der Waals surface area contributed by atoms with Gasteiger partial charge in [-0.25, -0.2) is 4.98 Å². The van der Waals surface area contributed by atoms with E-state index in [1.807, 2.05) is 6.20 Å². The van der Waals surface area contributed by atoms with Crippen LogP contribution >= 0.6 is 0 Å². The average Bonchev–Trinajstić information content (AvgIpc) is 3.22. The maximum absolute atomic E-state index is 5.16. The van der Waals surface area contributed by atoms with Gasteiger partial charge >= 0.3 is 0 Å². The summed E-state index contributed by atoms with van der Waals surface area (Å²) in [6.07, 6.45) is 7.20. The zero-order valence-electron chi connectivity index (χ0n) is 11.2. The Labute approximate surface area is 109 Å². The Hall–Kier alpha value is -1.36. The van der Waals surface area contributed by atoms with Gasteiger partial charge in [0.05, 0.1) is 19.0 Å². The second kappa shape index (κ2) is 6.54. The van der Waals surface area contributed by atoms with E-state index in [1.54, 1.807) is 13.3 Å². The number of nitrogens with zero attached hydrogens (tertiary/aromatic N) is 3. The maximum Gasteiger partial charge on any atom is 0.149 e. The van der Waals surface area contributed by atoms with Crippen molar-refractivity contribution in [2.75, 3.05) is 37.0 Å². The Morgan fingerprint density at radius 2 is 2.28 bits per heavy atom. The molecule has 0 radical (unpaired) electrons. The molecule has 0 amide bonds. The van der Waals surface area contributed by atoms with Crippen LogP contribution in [0.1, 0.15) is 26.2 Å². The zero-order valence-corrected chi connectivity index (χ0v) is 11.2. The van der Waals surface area contributed by atoms with Gasteiger partial charge in [-0.3, -0.25) is 4.98 Å². The van der Waals surface area contributed by atoms with Gasteiger partial charge < -0.3 is 15.0 Å². The molecule has 1 heterocycles. The van der Waals surface area contributed by atoms with Gasteiger partial charge in [-0.1, -0.05) is 6.92 Å². The standard InChI is InChI=1S/C13H22N4O/c1-3-6-15-12-9-14-10-13(16-12)17(7-8-18-2)11-4-5-11/h9-11H,3-8H2,1-2H3,(H,15,16). The second-order valence-corrected chi connectivity index (χ2v) is 4.61. The Balaban J connectivity index is 2.03. The Morgan fingerprint density at radius 1 is 1.44 bits per heavy atom. The van der Waals surface area contributed by atoms with E-state index in [-0.39, 0.29) is 0 Å². The molecule has 0 unspecified atom stereocenters. The van der Waals surface area contributed by atoms with Crippen LogP contribution in [0.2, 0.25) is 0 Å². The topological polar surface area (TPSA) is 50.3 Å². The first-order valence-electron chi connectivity index (χ1n) is 6.66. The summed E-state index contributed by atoms with van der Waals surface area (Å²) < 4.78 is 5.16. The molecule has 5 nitrogen and oxygen atoms in total. The second-order valence-electron chi connectivity index (χ2n) is 4.61. The third-order valence-electron chi connectivity index (χ3n) is 3.00. The average molecular weight is 250 g/mol. The molecule has 100 valence electrons. The molecule has 0 aliphatic heterocycles. The Kier molecular flexibility index (Phi) is 4.75.